The molecule has 1 aliphatic heterocycles. The summed E-state index contributed by atoms with van der Waals surface area (Å²) in [6.45, 7) is 4.59. The predicted molar refractivity (Wildman–Crippen MR) is 101 cm³/mol. The molecule has 2 rings (SSSR count). The highest BCUT2D eigenvalue weighted by Crippen LogP contribution is 2.18. The Hall–Kier alpha value is -0.810. The van der Waals surface area contributed by atoms with Crippen molar-refractivity contribution in [1.29, 1.82) is 0 Å². The maximum absolute atomic E-state index is 12.2. The quantitative estimate of drug-likeness (QED) is 0.846. The second-order valence-corrected chi connectivity index (χ2v) is 6.18. The summed E-state index contributed by atoms with van der Waals surface area (Å²) in [5.74, 6) is 0.306. The molecule has 1 saturated heterocycles. The summed E-state index contributed by atoms with van der Waals surface area (Å²) < 4.78 is 0. The normalized spacial score (nSPS) is 18.5. The Morgan fingerprint density at radius 3 is 2.48 bits per heavy atom. The largest absolute Gasteiger partial charge is 0.354 e. The molecule has 0 spiro atoms. The van der Waals surface area contributed by atoms with Gasteiger partial charge in [0.15, 0.2) is 0 Å². The number of nitrogens with one attached hydrogen (secondary N) is 2. The molecule has 2 unspecified atom stereocenters. The molecule has 0 aromatic heterocycles. The Bertz CT molecular complexity index is 459. The van der Waals surface area contributed by atoms with Crippen molar-refractivity contribution in [2.24, 2.45) is 5.92 Å². The molecule has 4 nitrogen and oxygen atoms in total. The van der Waals surface area contributed by atoms with Crippen LogP contribution in [0.15, 0.2) is 24.3 Å². The maximum Gasteiger partial charge on any atom is 0.224 e. The average Bonchev–Trinajstić information content (AvgIpc) is 2.49. The average molecular weight is 362 g/mol. The molecular weight excluding hydrogens is 333 g/mol. The van der Waals surface area contributed by atoms with Crippen LogP contribution in [0.25, 0.3) is 0 Å². The standard InChI is InChI=1S/C17H27N3O.2ClH/c1-13-6-8-14(9-7-13)16(20(2)3)12-19-17(21)15-5-4-10-18-11-15;;/h6-9,15-16,18H,4-5,10-12H2,1-3H3,(H,19,21);2*1H. The lowest BCUT2D eigenvalue weighted by atomic mass is 9.98. The van der Waals surface area contributed by atoms with Gasteiger partial charge in [0, 0.05) is 13.1 Å². The van der Waals surface area contributed by atoms with Crippen LogP contribution in [0.5, 0.6) is 0 Å². The SMILES string of the molecule is Cc1ccc(C(CNC(=O)C2CCCNC2)N(C)C)cc1.Cl.Cl. The fourth-order valence-electron chi connectivity index (χ4n) is 2.80. The summed E-state index contributed by atoms with van der Waals surface area (Å²) in [4.78, 5) is 14.4. The molecule has 0 aliphatic carbocycles. The van der Waals surface area contributed by atoms with Gasteiger partial charge in [-0.25, -0.2) is 0 Å². The molecule has 0 radical (unpaired) electrons. The van der Waals surface area contributed by atoms with E-state index in [9.17, 15) is 4.79 Å². The van der Waals surface area contributed by atoms with Gasteiger partial charge in [-0.05, 0) is 46.0 Å². The number of hydrogen-bond donors (Lipinski definition) is 2. The van der Waals surface area contributed by atoms with E-state index in [1.54, 1.807) is 0 Å². The summed E-state index contributed by atoms with van der Waals surface area (Å²) in [7, 11) is 4.11. The van der Waals surface area contributed by atoms with E-state index in [1.807, 2.05) is 0 Å². The highest BCUT2D eigenvalue weighted by Gasteiger charge is 2.22. The van der Waals surface area contributed by atoms with Crippen LogP contribution in [-0.4, -0.2) is 44.5 Å². The van der Waals surface area contributed by atoms with Gasteiger partial charge in [-0.15, -0.1) is 24.8 Å². The van der Waals surface area contributed by atoms with E-state index in [2.05, 4.69) is 60.8 Å². The zero-order valence-electron chi connectivity index (χ0n) is 14.2. The van der Waals surface area contributed by atoms with Crippen molar-refractivity contribution in [2.45, 2.75) is 25.8 Å². The molecule has 23 heavy (non-hydrogen) atoms. The first-order chi connectivity index (χ1) is 10.1. The van der Waals surface area contributed by atoms with Crippen molar-refractivity contribution >= 4 is 30.7 Å². The molecule has 1 aromatic carbocycles. The molecule has 6 heteroatoms. The summed E-state index contributed by atoms with van der Waals surface area (Å²) in [5, 5.41) is 6.42. The van der Waals surface area contributed by atoms with Crippen molar-refractivity contribution in [3.8, 4) is 0 Å². The Labute approximate surface area is 152 Å². The van der Waals surface area contributed by atoms with Crippen LogP contribution in [0.1, 0.15) is 30.0 Å². The summed E-state index contributed by atoms with van der Waals surface area (Å²) in [6, 6.07) is 8.76. The maximum atomic E-state index is 12.2. The van der Waals surface area contributed by atoms with Crippen molar-refractivity contribution in [3.05, 3.63) is 35.4 Å². The minimum absolute atomic E-state index is 0. The fourth-order valence-corrected chi connectivity index (χ4v) is 2.80. The molecule has 0 saturated carbocycles. The van der Waals surface area contributed by atoms with Crippen LogP contribution >= 0.6 is 24.8 Å². The van der Waals surface area contributed by atoms with Crippen LogP contribution in [0, 0.1) is 12.8 Å². The van der Waals surface area contributed by atoms with Crippen molar-refractivity contribution < 1.29 is 4.79 Å². The molecule has 2 atom stereocenters. The van der Waals surface area contributed by atoms with Crippen LogP contribution < -0.4 is 10.6 Å². The van der Waals surface area contributed by atoms with Crippen LogP contribution in [-0.2, 0) is 4.79 Å². The lowest BCUT2D eigenvalue weighted by molar-refractivity contribution is -0.125. The first kappa shape index (κ1) is 22.2. The van der Waals surface area contributed by atoms with Crippen LogP contribution in [0.3, 0.4) is 0 Å². The summed E-state index contributed by atoms with van der Waals surface area (Å²) in [5.41, 5.74) is 2.50. The number of carbonyl (C=O) groups excluding carboxylic acids is 1. The van der Waals surface area contributed by atoms with Gasteiger partial charge >= 0.3 is 0 Å². The zero-order valence-corrected chi connectivity index (χ0v) is 15.8. The minimum atomic E-state index is 0. The molecule has 1 aromatic rings. The Morgan fingerprint density at radius 2 is 1.96 bits per heavy atom. The van der Waals surface area contributed by atoms with Gasteiger partial charge in [0.05, 0.1) is 12.0 Å². The molecule has 1 heterocycles. The van der Waals surface area contributed by atoms with Crippen molar-refractivity contribution in [2.75, 3.05) is 33.7 Å². The molecule has 2 N–H and O–H groups in total. The molecule has 1 amide bonds. The van der Waals surface area contributed by atoms with E-state index in [1.165, 1.54) is 11.1 Å². The van der Waals surface area contributed by atoms with Crippen LogP contribution in [0.2, 0.25) is 0 Å². The Balaban J connectivity index is 0.00000242. The molecule has 1 fully saturated rings. The predicted octanol–water partition coefficient (Wildman–Crippen LogP) is 2.56. The van der Waals surface area contributed by atoms with E-state index in [0.717, 1.165) is 25.9 Å². The molecular formula is C17H29Cl2N3O. The zero-order chi connectivity index (χ0) is 15.2. The third-order valence-electron chi connectivity index (χ3n) is 4.22. The van der Waals surface area contributed by atoms with Crippen LogP contribution in [0.4, 0.5) is 0 Å². The number of piperidine rings is 1. The Morgan fingerprint density at radius 1 is 1.30 bits per heavy atom. The number of rotatable bonds is 5. The number of amides is 1. The third-order valence-corrected chi connectivity index (χ3v) is 4.22. The lowest BCUT2D eigenvalue weighted by Gasteiger charge is -2.27. The molecule has 132 valence electrons. The van der Waals surface area contributed by atoms with E-state index in [-0.39, 0.29) is 42.7 Å². The topological polar surface area (TPSA) is 44.4 Å². The van der Waals surface area contributed by atoms with Gasteiger partial charge in [-0.1, -0.05) is 29.8 Å². The number of aryl methyl sites for hydroxylation is 1. The van der Waals surface area contributed by atoms with E-state index < -0.39 is 0 Å². The number of halogens is 2. The number of hydrogen-bond acceptors (Lipinski definition) is 3. The second kappa shape index (κ2) is 10.9. The van der Waals surface area contributed by atoms with Gasteiger partial charge in [0.2, 0.25) is 5.91 Å². The minimum Gasteiger partial charge on any atom is -0.354 e. The van der Waals surface area contributed by atoms with Gasteiger partial charge in [-0.2, -0.15) is 0 Å². The summed E-state index contributed by atoms with van der Waals surface area (Å²) in [6.07, 6.45) is 2.09. The first-order valence-electron chi connectivity index (χ1n) is 7.79. The lowest BCUT2D eigenvalue weighted by Crippen LogP contribution is -2.43. The number of carbonyl (C=O) groups is 1. The molecule has 0 bridgehead atoms. The monoisotopic (exact) mass is 361 g/mol. The summed E-state index contributed by atoms with van der Waals surface area (Å²) >= 11 is 0. The van der Waals surface area contributed by atoms with E-state index in [4.69, 9.17) is 0 Å². The highest BCUT2D eigenvalue weighted by atomic mass is 35.5. The number of likely N-dealkylation sites (N-methyl/N-ethyl adjacent to an activating group) is 1. The van der Waals surface area contributed by atoms with E-state index >= 15 is 0 Å². The van der Waals surface area contributed by atoms with Crippen molar-refractivity contribution in [1.82, 2.24) is 15.5 Å². The van der Waals surface area contributed by atoms with Gasteiger partial charge in [0.1, 0.15) is 0 Å². The number of nitrogens with zero attached hydrogens (tertiary/aromatic N) is 1. The van der Waals surface area contributed by atoms with Crippen molar-refractivity contribution in [3.63, 3.8) is 0 Å². The Kier molecular flexibility index (Phi) is 10.5. The van der Waals surface area contributed by atoms with E-state index in [0.29, 0.717) is 6.54 Å². The van der Waals surface area contributed by atoms with Gasteiger partial charge < -0.3 is 15.5 Å². The fraction of sp³-hybridized carbons (Fsp3) is 0.588. The first-order valence-corrected chi connectivity index (χ1v) is 7.79. The van der Waals surface area contributed by atoms with Gasteiger partial charge in [-0.3, -0.25) is 4.79 Å². The second-order valence-electron chi connectivity index (χ2n) is 6.18. The third kappa shape index (κ3) is 6.68. The van der Waals surface area contributed by atoms with Gasteiger partial charge in [0.25, 0.3) is 0 Å². The number of benzene rings is 1. The highest BCUT2D eigenvalue weighted by molar-refractivity contribution is 5.85. The molecule has 1 aliphatic rings. The smallest absolute Gasteiger partial charge is 0.224 e.